The number of methoxy groups -OCH3 is 3. The Kier molecular flexibility index (Phi) is 11.2. The predicted molar refractivity (Wildman–Crippen MR) is 124 cm³/mol. The van der Waals surface area contributed by atoms with Gasteiger partial charge < -0.3 is 24.8 Å². The van der Waals surface area contributed by atoms with Crippen molar-refractivity contribution in [2.24, 2.45) is 4.99 Å². The second-order valence-electron chi connectivity index (χ2n) is 6.03. The van der Waals surface area contributed by atoms with Crippen molar-refractivity contribution in [1.82, 2.24) is 10.6 Å². The molecule has 2 N–H and O–H groups in total. The molecule has 0 fully saturated rings. The molecule has 0 radical (unpaired) electrons. The molecular formula is C21H29FIN3O3. The lowest BCUT2D eigenvalue weighted by Gasteiger charge is -2.14. The van der Waals surface area contributed by atoms with Crippen LogP contribution in [0.5, 0.6) is 17.2 Å². The molecule has 29 heavy (non-hydrogen) atoms. The molecule has 0 heterocycles. The van der Waals surface area contributed by atoms with Gasteiger partial charge in [0.1, 0.15) is 5.82 Å². The summed E-state index contributed by atoms with van der Waals surface area (Å²) >= 11 is 0. The Bertz CT molecular complexity index is 760. The first-order chi connectivity index (χ1) is 13.6. The van der Waals surface area contributed by atoms with E-state index in [2.05, 4.69) is 15.6 Å². The van der Waals surface area contributed by atoms with E-state index in [9.17, 15) is 4.39 Å². The van der Waals surface area contributed by atoms with Crippen molar-refractivity contribution in [3.63, 3.8) is 0 Å². The van der Waals surface area contributed by atoms with Gasteiger partial charge in [0.25, 0.3) is 0 Å². The van der Waals surface area contributed by atoms with Gasteiger partial charge in [0, 0.05) is 13.1 Å². The number of aliphatic imine (C=N–C) groups is 1. The zero-order valence-corrected chi connectivity index (χ0v) is 19.6. The Labute approximate surface area is 188 Å². The Morgan fingerprint density at radius 1 is 0.931 bits per heavy atom. The fraction of sp³-hybridized carbons (Fsp3) is 0.381. The van der Waals surface area contributed by atoms with Crippen LogP contribution in [0.4, 0.5) is 4.39 Å². The summed E-state index contributed by atoms with van der Waals surface area (Å²) in [5, 5.41) is 6.51. The molecule has 0 aliphatic rings. The molecule has 0 unspecified atom stereocenters. The summed E-state index contributed by atoms with van der Waals surface area (Å²) < 4.78 is 29.1. The van der Waals surface area contributed by atoms with Crippen LogP contribution < -0.4 is 24.8 Å². The maximum absolute atomic E-state index is 13.0. The van der Waals surface area contributed by atoms with Gasteiger partial charge in [-0.2, -0.15) is 0 Å². The van der Waals surface area contributed by atoms with Crippen molar-refractivity contribution >= 4 is 29.9 Å². The van der Waals surface area contributed by atoms with Crippen molar-refractivity contribution < 1.29 is 18.6 Å². The largest absolute Gasteiger partial charge is 0.493 e. The lowest BCUT2D eigenvalue weighted by atomic mass is 10.1. The zero-order valence-electron chi connectivity index (χ0n) is 17.3. The van der Waals surface area contributed by atoms with E-state index < -0.39 is 0 Å². The molecular weight excluding hydrogens is 488 g/mol. The van der Waals surface area contributed by atoms with Crippen molar-refractivity contribution in [2.75, 3.05) is 34.4 Å². The minimum absolute atomic E-state index is 0. The summed E-state index contributed by atoms with van der Waals surface area (Å²) in [6.07, 6.45) is 0.773. The lowest BCUT2D eigenvalue weighted by Crippen LogP contribution is -2.38. The minimum atomic E-state index is -0.225. The van der Waals surface area contributed by atoms with Crippen molar-refractivity contribution in [2.45, 2.75) is 19.9 Å². The van der Waals surface area contributed by atoms with Crippen LogP contribution in [0.2, 0.25) is 0 Å². The van der Waals surface area contributed by atoms with E-state index in [1.165, 1.54) is 12.1 Å². The number of ether oxygens (including phenoxy) is 3. The van der Waals surface area contributed by atoms with Gasteiger partial charge in [-0.15, -0.1) is 24.0 Å². The van der Waals surface area contributed by atoms with Crippen LogP contribution in [0.3, 0.4) is 0 Å². The summed E-state index contributed by atoms with van der Waals surface area (Å²) in [4.78, 5) is 4.62. The molecule has 0 aliphatic carbocycles. The third-order valence-electron chi connectivity index (χ3n) is 4.11. The second kappa shape index (κ2) is 13.1. The van der Waals surface area contributed by atoms with E-state index in [0.717, 1.165) is 24.1 Å². The van der Waals surface area contributed by atoms with Gasteiger partial charge in [-0.3, -0.25) is 0 Å². The molecule has 0 atom stereocenters. The first-order valence-electron chi connectivity index (χ1n) is 9.16. The second-order valence-corrected chi connectivity index (χ2v) is 6.03. The van der Waals surface area contributed by atoms with Gasteiger partial charge in [-0.25, -0.2) is 9.38 Å². The van der Waals surface area contributed by atoms with Gasteiger partial charge in [0.2, 0.25) is 5.75 Å². The van der Waals surface area contributed by atoms with E-state index in [1.807, 2.05) is 19.1 Å². The van der Waals surface area contributed by atoms with Gasteiger partial charge in [0.15, 0.2) is 17.5 Å². The molecule has 160 valence electrons. The summed E-state index contributed by atoms with van der Waals surface area (Å²) in [5.74, 6) is 2.24. The first-order valence-corrected chi connectivity index (χ1v) is 9.16. The SMILES string of the molecule is CCNC(=NCc1cc(OC)c(OC)c(OC)c1)NCCc1ccc(F)cc1.I. The molecule has 0 saturated carbocycles. The molecule has 0 amide bonds. The van der Waals surface area contributed by atoms with Gasteiger partial charge >= 0.3 is 0 Å². The number of halogens is 2. The highest BCUT2D eigenvalue weighted by Gasteiger charge is 2.13. The predicted octanol–water partition coefficient (Wildman–Crippen LogP) is 3.77. The fourth-order valence-electron chi connectivity index (χ4n) is 2.72. The van der Waals surface area contributed by atoms with E-state index in [-0.39, 0.29) is 29.8 Å². The first kappa shape index (κ1) is 24.8. The number of rotatable bonds is 9. The van der Waals surface area contributed by atoms with Crippen LogP contribution in [0.15, 0.2) is 41.4 Å². The molecule has 2 rings (SSSR count). The minimum Gasteiger partial charge on any atom is -0.493 e. The molecule has 0 aliphatic heterocycles. The van der Waals surface area contributed by atoms with Crippen LogP contribution >= 0.6 is 24.0 Å². The molecule has 0 bridgehead atoms. The smallest absolute Gasteiger partial charge is 0.203 e. The number of benzene rings is 2. The summed E-state index contributed by atoms with van der Waals surface area (Å²) in [6, 6.07) is 10.3. The molecule has 0 spiro atoms. The monoisotopic (exact) mass is 517 g/mol. The average molecular weight is 517 g/mol. The summed E-state index contributed by atoms with van der Waals surface area (Å²) in [6.45, 7) is 3.89. The Morgan fingerprint density at radius 2 is 1.55 bits per heavy atom. The normalized spacial score (nSPS) is 10.7. The van der Waals surface area contributed by atoms with Crippen LogP contribution in [0, 0.1) is 5.82 Å². The quantitative estimate of drug-likeness (QED) is 0.301. The van der Waals surface area contributed by atoms with Crippen LogP contribution in [0.1, 0.15) is 18.1 Å². The standard InChI is InChI=1S/C21H28FN3O3.HI/c1-5-23-21(24-11-10-15-6-8-17(22)9-7-15)25-14-16-12-18(26-2)20(28-4)19(13-16)27-3;/h6-9,12-13H,5,10-11,14H2,1-4H3,(H2,23,24,25);1H. The number of guanidine groups is 1. The average Bonchev–Trinajstić information content (AvgIpc) is 2.72. The highest BCUT2D eigenvalue weighted by molar-refractivity contribution is 14.0. The highest BCUT2D eigenvalue weighted by Crippen LogP contribution is 2.38. The molecule has 2 aromatic rings. The lowest BCUT2D eigenvalue weighted by molar-refractivity contribution is 0.324. The maximum Gasteiger partial charge on any atom is 0.203 e. The van der Waals surface area contributed by atoms with Crippen LogP contribution in [-0.4, -0.2) is 40.4 Å². The topological polar surface area (TPSA) is 64.1 Å². The highest BCUT2D eigenvalue weighted by atomic mass is 127. The summed E-state index contributed by atoms with van der Waals surface area (Å²) in [7, 11) is 4.75. The van der Waals surface area contributed by atoms with E-state index in [1.54, 1.807) is 33.5 Å². The fourth-order valence-corrected chi connectivity index (χ4v) is 2.72. The van der Waals surface area contributed by atoms with Gasteiger partial charge in [-0.05, 0) is 48.7 Å². The van der Waals surface area contributed by atoms with Crippen molar-refractivity contribution in [1.29, 1.82) is 0 Å². The van der Waals surface area contributed by atoms with E-state index in [4.69, 9.17) is 14.2 Å². The summed E-state index contributed by atoms with van der Waals surface area (Å²) in [5.41, 5.74) is 2.00. The number of nitrogens with zero attached hydrogens (tertiary/aromatic N) is 1. The number of hydrogen-bond donors (Lipinski definition) is 2. The molecule has 2 aromatic carbocycles. The molecule has 0 saturated heterocycles. The van der Waals surface area contributed by atoms with E-state index in [0.29, 0.717) is 36.3 Å². The van der Waals surface area contributed by atoms with Crippen LogP contribution in [-0.2, 0) is 13.0 Å². The van der Waals surface area contributed by atoms with E-state index >= 15 is 0 Å². The van der Waals surface area contributed by atoms with Gasteiger partial charge in [-0.1, -0.05) is 12.1 Å². The Hall–Kier alpha value is -2.23. The van der Waals surface area contributed by atoms with Crippen molar-refractivity contribution in [3.8, 4) is 17.2 Å². The third-order valence-corrected chi connectivity index (χ3v) is 4.11. The third kappa shape index (κ3) is 7.60. The molecule has 8 heteroatoms. The van der Waals surface area contributed by atoms with Crippen LogP contribution in [0.25, 0.3) is 0 Å². The molecule has 6 nitrogen and oxygen atoms in total. The zero-order chi connectivity index (χ0) is 20.4. The molecule has 0 aromatic heterocycles. The Morgan fingerprint density at radius 3 is 2.07 bits per heavy atom. The number of hydrogen-bond acceptors (Lipinski definition) is 4. The number of nitrogens with one attached hydrogen (secondary N) is 2. The van der Waals surface area contributed by atoms with Gasteiger partial charge in [0.05, 0.1) is 27.9 Å². The maximum atomic E-state index is 13.0. The Balaban J connectivity index is 0.00000420. The van der Waals surface area contributed by atoms with Crippen molar-refractivity contribution in [3.05, 3.63) is 53.3 Å².